The van der Waals surface area contributed by atoms with Crippen molar-refractivity contribution in [2.75, 3.05) is 26.8 Å². The van der Waals surface area contributed by atoms with Crippen molar-refractivity contribution in [1.82, 2.24) is 4.90 Å². The summed E-state index contributed by atoms with van der Waals surface area (Å²) in [6.07, 6.45) is 2.62. The van der Waals surface area contributed by atoms with E-state index in [1.807, 2.05) is 4.90 Å². The number of nitrogens with zero attached hydrogens (tertiary/aromatic N) is 2. The lowest BCUT2D eigenvalue weighted by Gasteiger charge is -2.18. The minimum absolute atomic E-state index is 0.170. The molecule has 0 saturated carbocycles. The Morgan fingerprint density at radius 2 is 2.35 bits per heavy atom. The second-order valence-electron chi connectivity index (χ2n) is 4.21. The van der Waals surface area contributed by atoms with Crippen LogP contribution < -0.4 is 11.5 Å². The Hall–Kier alpha value is -1.40. The van der Waals surface area contributed by atoms with Crippen molar-refractivity contribution in [2.24, 2.45) is 16.5 Å². The minimum Gasteiger partial charge on any atom is -0.387 e. The Bertz CT molecular complexity index is 333. The summed E-state index contributed by atoms with van der Waals surface area (Å²) >= 11 is 0. The van der Waals surface area contributed by atoms with Gasteiger partial charge < -0.3 is 26.5 Å². The number of nitrogens with two attached hydrogens (primary N) is 2. The molecule has 0 unspecified atom stereocenters. The maximum atomic E-state index is 7.71. The van der Waals surface area contributed by atoms with Gasteiger partial charge in [-0.2, -0.15) is 0 Å². The normalized spacial score (nSPS) is 22.1. The lowest BCUT2D eigenvalue weighted by atomic mass is 10.3. The fraction of sp³-hybridized carbons (Fsp3) is 0.636. The Morgan fingerprint density at radius 1 is 1.65 bits per heavy atom. The number of nitrogens with one attached hydrogen (secondary N) is 1. The molecule has 1 aliphatic heterocycles. The molecule has 0 aromatic rings. The number of methoxy groups -OCH3 is 1. The molecule has 1 saturated heterocycles. The van der Waals surface area contributed by atoms with Gasteiger partial charge in [-0.05, 0) is 13.3 Å². The number of ether oxygens (including phenoxy) is 1. The standard InChI is InChI=1S/C11H21N5O/c1-8(12)15-11(5-10(14)7-17-2)16-4-3-9(13)6-16/h5,9,14H,3-4,6-7,13H2,1-2H3,(H2,12,15)/b11-5+,14-10?/t9-/m1/s1. The Morgan fingerprint density at radius 3 is 2.82 bits per heavy atom. The first-order chi connectivity index (χ1) is 8.02. The van der Waals surface area contributed by atoms with Gasteiger partial charge in [-0.3, -0.25) is 0 Å². The van der Waals surface area contributed by atoms with Crippen LogP contribution in [0, 0.1) is 5.41 Å². The van der Waals surface area contributed by atoms with Crippen molar-refractivity contribution in [3.63, 3.8) is 0 Å². The molecule has 17 heavy (non-hydrogen) atoms. The molecule has 1 heterocycles. The van der Waals surface area contributed by atoms with E-state index in [-0.39, 0.29) is 12.6 Å². The second-order valence-corrected chi connectivity index (χ2v) is 4.21. The SMILES string of the molecule is COCC(=N)/C=C(\N=C(/C)N)N1CC[C@@H](N)C1. The van der Waals surface area contributed by atoms with Crippen molar-refractivity contribution in [3.8, 4) is 0 Å². The highest BCUT2D eigenvalue weighted by molar-refractivity contribution is 5.94. The van der Waals surface area contributed by atoms with E-state index >= 15 is 0 Å². The Kier molecular flexibility index (Phi) is 5.11. The fourth-order valence-electron chi connectivity index (χ4n) is 1.72. The van der Waals surface area contributed by atoms with E-state index < -0.39 is 0 Å². The van der Waals surface area contributed by atoms with Gasteiger partial charge in [-0.25, -0.2) is 4.99 Å². The predicted octanol–water partition coefficient (Wildman–Crippen LogP) is -0.0959. The van der Waals surface area contributed by atoms with Gasteiger partial charge in [0.05, 0.1) is 18.2 Å². The van der Waals surface area contributed by atoms with Crippen molar-refractivity contribution in [1.29, 1.82) is 5.41 Å². The van der Waals surface area contributed by atoms with Gasteiger partial charge in [0.15, 0.2) is 0 Å². The number of amidine groups is 1. The third-order valence-electron chi connectivity index (χ3n) is 2.44. The summed E-state index contributed by atoms with van der Waals surface area (Å²) in [5.74, 6) is 1.17. The molecular formula is C11H21N5O. The van der Waals surface area contributed by atoms with E-state index in [1.165, 1.54) is 0 Å². The van der Waals surface area contributed by atoms with Crippen LogP contribution in [0.15, 0.2) is 16.9 Å². The first-order valence-electron chi connectivity index (χ1n) is 5.62. The number of hydrogen-bond donors (Lipinski definition) is 3. The summed E-state index contributed by atoms with van der Waals surface area (Å²) in [6.45, 7) is 3.60. The van der Waals surface area contributed by atoms with Crippen molar-refractivity contribution < 1.29 is 4.74 Å². The molecule has 0 aromatic heterocycles. The molecule has 0 amide bonds. The molecule has 0 spiro atoms. The summed E-state index contributed by atoms with van der Waals surface area (Å²) in [7, 11) is 1.56. The lowest BCUT2D eigenvalue weighted by molar-refractivity contribution is 0.245. The van der Waals surface area contributed by atoms with Crippen LogP contribution in [-0.4, -0.2) is 49.3 Å². The molecule has 0 aliphatic carbocycles. The first-order valence-corrected chi connectivity index (χ1v) is 5.62. The van der Waals surface area contributed by atoms with Gasteiger partial charge in [-0.1, -0.05) is 0 Å². The van der Waals surface area contributed by atoms with E-state index in [1.54, 1.807) is 20.1 Å². The maximum Gasteiger partial charge on any atom is 0.132 e. The highest BCUT2D eigenvalue weighted by Crippen LogP contribution is 2.15. The predicted molar refractivity (Wildman–Crippen MR) is 69.1 cm³/mol. The van der Waals surface area contributed by atoms with E-state index in [2.05, 4.69) is 4.99 Å². The zero-order valence-electron chi connectivity index (χ0n) is 10.4. The Labute approximate surface area is 102 Å². The van der Waals surface area contributed by atoms with Gasteiger partial charge in [0.25, 0.3) is 0 Å². The summed E-state index contributed by atoms with van der Waals surface area (Å²) < 4.78 is 4.90. The zero-order chi connectivity index (χ0) is 12.8. The van der Waals surface area contributed by atoms with Crippen molar-refractivity contribution in [2.45, 2.75) is 19.4 Å². The lowest BCUT2D eigenvalue weighted by Crippen LogP contribution is -2.27. The van der Waals surface area contributed by atoms with Gasteiger partial charge >= 0.3 is 0 Å². The van der Waals surface area contributed by atoms with Crippen LogP contribution in [-0.2, 0) is 4.74 Å². The topological polar surface area (TPSA) is 101 Å². The summed E-state index contributed by atoms with van der Waals surface area (Å²) in [4.78, 5) is 6.29. The van der Waals surface area contributed by atoms with Crippen LogP contribution in [0.4, 0.5) is 0 Å². The zero-order valence-corrected chi connectivity index (χ0v) is 10.4. The average Bonchev–Trinajstić information content (AvgIpc) is 2.63. The molecular weight excluding hydrogens is 218 g/mol. The maximum absolute atomic E-state index is 7.71. The highest BCUT2D eigenvalue weighted by atomic mass is 16.5. The van der Waals surface area contributed by atoms with E-state index in [0.29, 0.717) is 17.4 Å². The summed E-state index contributed by atoms with van der Waals surface area (Å²) in [6, 6.07) is 0.170. The third kappa shape index (κ3) is 4.54. The first kappa shape index (κ1) is 13.7. The quantitative estimate of drug-likeness (QED) is 0.461. The van der Waals surface area contributed by atoms with Crippen LogP contribution in [0.25, 0.3) is 0 Å². The largest absolute Gasteiger partial charge is 0.387 e. The van der Waals surface area contributed by atoms with E-state index in [9.17, 15) is 0 Å². The average molecular weight is 239 g/mol. The molecule has 6 heteroatoms. The molecule has 0 radical (unpaired) electrons. The van der Waals surface area contributed by atoms with Crippen molar-refractivity contribution >= 4 is 11.5 Å². The van der Waals surface area contributed by atoms with Gasteiger partial charge in [-0.15, -0.1) is 0 Å². The van der Waals surface area contributed by atoms with E-state index in [4.69, 9.17) is 21.6 Å². The molecule has 96 valence electrons. The smallest absolute Gasteiger partial charge is 0.132 e. The summed E-state index contributed by atoms with van der Waals surface area (Å²) in [5.41, 5.74) is 11.8. The Balaban J connectivity index is 2.80. The van der Waals surface area contributed by atoms with Crippen LogP contribution in [0.1, 0.15) is 13.3 Å². The number of rotatable bonds is 5. The number of likely N-dealkylation sites (tertiary alicyclic amines) is 1. The second kappa shape index (κ2) is 6.36. The third-order valence-corrected chi connectivity index (χ3v) is 2.44. The van der Waals surface area contributed by atoms with Crippen LogP contribution in [0.5, 0.6) is 0 Å². The van der Waals surface area contributed by atoms with Gasteiger partial charge in [0, 0.05) is 32.3 Å². The molecule has 1 aliphatic rings. The van der Waals surface area contributed by atoms with Gasteiger partial charge in [0.2, 0.25) is 0 Å². The molecule has 0 aromatic carbocycles. The van der Waals surface area contributed by atoms with E-state index in [0.717, 1.165) is 19.5 Å². The van der Waals surface area contributed by atoms with Crippen LogP contribution in [0.2, 0.25) is 0 Å². The van der Waals surface area contributed by atoms with Crippen LogP contribution >= 0.6 is 0 Å². The monoisotopic (exact) mass is 239 g/mol. The molecule has 1 atom stereocenters. The molecule has 6 nitrogen and oxygen atoms in total. The molecule has 1 fully saturated rings. The van der Waals surface area contributed by atoms with Crippen molar-refractivity contribution in [3.05, 3.63) is 11.9 Å². The number of hydrogen-bond acceptors (Lipinski definition) is 5. The molecule has 5 N–H and O–H groups in total. The highest BCUT2D eigenvalue weighted by Gasteiger charge is 2.21. The minimum atomic E-state index is 0.170. The van der Waals surface area contributed by atoms with Crippen LogP contribution in [0.3, 0.4) is 0 Å². The van der Waals surface area contributed by atoms with Gasteiger partial charge in [0.1, 0.15) is 5.82 Å². The number of aliphatic imine (C=N–C) groups is 1. The summed E-state index contributed by atoms with van der Waals surface area (Å²) in [5, 5.41) is 7.71. The molecule has 0 bridgehead atoms. The molecule has 1 rings (SSSR count). The fourth-order valence-corrected chi connectivity index (χ4v) is 1.72.